The maximum Gasteiger partial charge on any atom is 0.253 e. The lowest BCUT2D eigenvalue weighted by Gasteiger charge is -2.24. The third kappa shape index (κ3) is 5.05. The summed E-state index contributed by atoms with van der Waals surface area (Å²) in [5, 5.41) is 3.06. The predicted octanol–water partition coefficient (Wildman–Crippen LogP) is 3.72. The van der Waals surface area contributed by atoms with E-state index < -0.39 is 6.10 Å². The highest BCUT2D eigenvalue weighted by molar-refractivity contribution is 5.95. The monoisotopic (exact) mass is 319 g/mol. The average molecular weight is 319 g/mol. The second-order valence-electron chi connectivity index (χ2n) is 6.11. The molecule has 128 valence electrons. The van der Waals surface area contributed by atoms with E-state index in [1.54, 1.807) is 6.92 Å². The van der Waals surface area contributed by atoms with E-state index in [1.807, 2.05) is 6.07 Å². The van der Waals surface area contributed by atoms with Gasteiger partial charge in [-0.3, -0.25) is 4.79 Å². The van der Waals surface area contributed by atoms with Gasteiger partial charge in [-0.1, -0.05) is 32.0 Å². The molecule has 1 fully saturated rings. The van der Waals surface area contributed by atoms with Crippen molar-refractivity contribution in [3.63, 3.8) is 0 Å². The second-order valence-corrected chi connectivity index (χ2v) is 6.11. The molecule has 1 aliphatic heterocycles. The van der Waals surface area contributed by atoms with Crippen molar-refractivity contribution >= 4 is 11.6 Å². The number of para-hydroxylation sites is 1. The molecule has 1 aromatic rings. The molecule has 4 heteroatoms. The molecule has 4 nitrogen and oxygen atoms in total. The van der Waals surface area contributed by atoms with Crippen LogP contribution in [0.3, 0.4) is 0 Å². The van der Waals surface area contributed by atoms with Crippen molar-refractivity contribution in [3.05, 3.63) is 29.3 Å². The van der Waals surface area contributed by atoms with Crippen molar-refractivity contribution in [3.8, 4) is 0 Å². The van der Waals surface area contributed by atoms with Gasteiger partial charge in [0.25, 0.3) is 5.91 Å². The fraction of sp³-hybridized carbons (Fsp3) is 0.632. The summed E-state index contributed by atoms with van der Waals surface area (Å²) >= 11 is 0. The highest BCUT2D eigenvalue weighted by Crippen LogP contribution is 2.23. The minimum Gasteiger partial charge on any atom is -0.376 e. The van der Waals surface area contributed by atoms with Crippen LogP contribution in [0.4, 0.5) is 5.69 Å². The molecule has 0 radical (unpaired) electrons. The molecule has 1 aliphatic rings. The maximum atomic E-state index is 12.4. The molecule has 0 bridgehead atoms. The average Bonchev–Trinajstić information content (AvgIpc) is 2.60. The molecule has 1 aromatic carbocycles. The first kappa shape index (κ1) is 18.0. The molecule has 0 spiro atoms. The molecule has 1 saturated heterocycles. The Morgan fingerprint density at radius 1 is 1.30 bits per heavy atom. The number of ether oxygens (including phenoxy) is 2. The number of aryl methyl sites for hydroxylation is 2. The van der Waals surface area contributed by atoms with Crippen molar-refractivity contribution in [2.45, 2.75) is 65.1 Å². The van der Waals surface area contributed by atoms with Crippen LogP contribution in [0, 0.1) is 0 Å². The Morgan fingerprint density at radius 3 is 2.57 bits per heavy atom. The number of carbonyl (C=O) groups excluding carboxylic acids is 1. The minimum atomic E-state index is -0.477. The van der Waals surface area contributed by atoms with Crippen LogP contribution in [-0.2, 0) is 27.1 Å². The lowest BCUT2D eigenvalue weighted by Crippen LogP contribution is -2.33. The van der Waals surface area contributed by atoms with Gasteiger partial charge in [0.15, 0.2) is 0 Å². The number of amides is 1. The van der Waals surface area contributed by atoms with Gasteiger partial charge in [0, 0.05) is 12.3 Å². The van der Waals surface area contributed by atoms with Crippen LogP contribution < -0.4 is 5.32 Å². The highest BCUT2D eigenvalue weighted by atomic mass is 16.5. The summed E-state index contributed by atoms with van der Waals surface area (Å²) in [5.74, 6) is -0.0867. The standard InChI is InChI=1S/C19H29NO3/c1-4-15-9-8-10-16(5-2)18(15)20-19(21)14(3)23-13-17-11-6-7-12-22-17/h8-10,14,17H,4-7,11-13H2,1-3H3,(H,20,21). The lowest BCUT2D eigenvalue weighted by molar-refractivity contribution is -0.130. The normalized spacial score (nSPS) is 19.3. The summed E-state index contributed by atoms with van der Waals surface area (Å²) in [5.41, 5.74) is 3.29. The highest BCUT2D eigenvalue weighted by Gasteiger charge is 2.20. The van der Waals surface area contributed by atoms with Crippen LogP contribution >= 0.6 is 0 Å². The molecule has 2 unspecified atom stereocenters. The van der Waals surface area contributed by atoms with Crippen LogP contribution in [0.25, 0.3) is 0 Å². The van der Waals surface area contributed by atoms with E-state index in [1.165, 1.54) is 17.5 Å². The Bertz CT molecular complexity index is 487. The van der Waals surface area contributed by atoms with E-state index >= 15 is 0 Å². The van der Waals surface area contributed by atoms with Crippen LogP contribution in [0.5, 0.6) is 0 Å². The third-order valence-electron chi connectivity index (χ3n) is 4.42. The first-order valence-electron chi connectivity index (χ1n) is 8.80. The molecule has 2 rings (SSSR count). The van der Waals surface area contributed by atoms with Crippen LogP contribution in [0.15, 0.2) is 18.2 Å². The minimum absolute atomic E-state index is 0.0867. The first-order chi connectivity index (χ1) is 11.2. The van der Waals surface area contributed by atoms with Gasteiger partial charge >= 0.3 is 0 Å². The van der Waals surface area contributed by atoms with Gasteiger partial charge in [0.05, 0.1) is 12.7 Å². The second kappa shape index (κ2) is 9.04. The number of benzene rings is 1. The molecule has 1 N–H and O–H groups in total. The molecule has 1 amide bonds. The smallest absolute Gasteiger partial charge is 0.253 e. The Hall–Kier alpha value is -1.39. The Morgan fingerprint density at radius 2 is 2.00 bits per heavy atom. The van der Waals surface area contributed by atoms with E-state index in [0.717, 1.165) is 38.0 Å². The van der Waals surface area contributed by atoms with E-state index in [2.05, 4.69) is 31.3 Å². The number of rotatable bonds is 7. The van der Waals surface area contributed by atoms with Gasteiger partial charge < -0.3 is 14.8 Å². The summed E-state index contributed by atoms with van der Waals surface area (Å²) in [6, 6.07) is 6.18. The summed E-state index contributed by atoms with van der Waals surface area (Å²) in [6.45, 7) is 7.30. The van der Waals surface area contributed by atoms with Gasteiger partial charge in [0.2, 0.25) is 0 Å². The molecule has 2 atom stereocenters. The molecule has 23 heavy (non-hydrogen) atoms. The number of carbonyl (C=O) groups is 1. The first-order valence-corrected chi connectivity index (χ1v) is 8.80. The zero-order valence-electron chi connectivity index (χ0n) is 14.6. The summed E-state index contributed by atoms with van der Waals surface area (Å²) < 4.78 is 11.4. The van der Waals surface area contributed by atoms with Gasteiger partial charge in [-0.05, 0) is 50.2 Å². The number of anilines is 1. The topological polar surface area (TPSA) is 47.6 Å². The Kier molecular flexibility index (Phi) is 7.06. The third-order valence-corrected chi connectivity index (χ3v) is 4.42. The Labute approximate surface area is 139 Å². The fourth-order valence-corrected chi connectivity index (χ4v) is 2.89. The van der Waals surface area contributed by atoms with Gasteiger partial charge in [-0.15, -0.1) is 0 Å². The number of hydrogen-bond donors (Lipinski definition) is 1. The van der Waals surface area contributed by atoms with Gasteiger partial charge in [0.1, 0.15) is 6.10 Å². The number of hydrogen-bond acceptors (Lipinski definition) is 3. The van der Waals surface area contributed by atoms with Crippen molar-refractivity contribution in [1.29, 1.82) is 0 Å². The molecular weight excluding hydrogens is 290 g/mol. The lowest BCUT2D eigenvalue weighted by atomic mass is 10.0. The van der Waals surface area contributed by atoms with E-state index in [-0.39, 0.29) is 12.0 Å². The maximum absolute atomic E-state index is 12.4. The van der Waals surface area contributed by atoms with Crippen molar-refractivity contribution in [2.24, 2.45) is 0 Å². The largest absolute Gasteiger partial charge is 0.376 e. The molecular formula is C19H29NO3. The zero-order chi connectivity index (χ0) is 16.7. The van der Waals surface area contributed by atoms with Crippen molar-refractivity contribution in [1.82, 2.24) is 0 Å². The SMILES string of the molecule is CCc1cccc(CC)c1NC(=O)C(C)OCC1CCCCO1. The summed E-state index contributed by atoms with van der Waals surface area (Å²) in [6.07, 6.45) is 4.78. The van der Waals surface area contributed by atoms with Crippen LogP contribution in [-0.4, -0.2) is 31.3 Å². The van der Waals surface area contributed by atoms with Gasteiger partial charge in [-0.2, -0.15) is 0 Å². The predicted molar refractivity (Wildman–Crippen MR) is 92.8 cm³/mol. The van der Waals surface area contributed by atoms with Crippen LogP contribution in [0.1, 0.15) is 51.2 Å². The number of nitrogens with one attached hydrogen (secondary N) is 1. The van der Waals surface area contributed by atoms with E-state index in [9.17, 15) is 4.79 Å². The summed E-state index contributed by atoms with van der Waals surface area (Å²) in [7, 11) is 0. The van der Waals surface area contributed by atoms with Crippen molar-refractivity contribution < 1.29 is 14.3 Å². The van der Waals surface area contributed by atoms with Crippen LogP contribution in [0.2, 0.25) is 0 Å². The quantitative estimate of drug-likeness (QED) is 0.833. The zero-order valence-corrected chi connectivity index (χ0v) is 14.6. The Balaban J connectivity index is 1.92. The van der Waals surface area contributed by atoms with Gasteiger partial charge in [-0.25, -0.2) is 0 Å². The van der Waals surface area contributed by atoms with Crippen molar-refractivity contribution in [2.75, 3.05) is 18.5 Å². The fourth-order valence-electron chi connectivity index (χ4n) is 2.89. The van der Waals surface area contributed by atoms with E-state index in [4.69, 9.17) is 9.47 Å². The molecule has 0 aromatic heterocycles. The molecule has 0 aliphatic carbocycles. The molecule has 1 heterocycles. The molecule has 0 saturated carbocycles. The summed E-state index contributed by atoms with van der Waals surface area (Å²) in [4.78, 5) is 12.4. The van der Waals surface area contributed by atoms with E-state index in [0.29, 0.717) is 6.61 Å².